The van der Waals surface area contributed by atoms with Crippen molar-refractivity contribution in [3.05, 3.63) is 78.1 Å². The first-order valence-corrected chi connectivity index (χ1v) is 8.48. The highest BCUT2D eigenvalue weighted by molar-refractivity contribution is 6.09. The molecule has 3 aromatic carbocycles. The van der Waals surface area contributed by atoms with Gasteiger partial charge >= 0.3 is 0 Å². The fourth-order valence-electron chi connectivity index (χ4n) is 3.66. The zero-order chi connectivity index (χ0) is 17.0. The Bertz CT molecular complexity index is 1260. The fraction of sp³-hybridized carbons (Fsp3) is 0.0870. The number of furan rings is 1. The Labute approximate surface area is 145 Å². The fourth-order valence-corrected chi connectivity index (χ4v) is 3.66. The third kappa shape index (κ3) is 2.14. The van der Waals surface area contributed by atoms with Gasteiger partial charge in [-0.2, -0.15) is 0 Å². The minimum atomic E-state index is 0.851. The Hall–Kier alpha value is -3.13. The van der Waals surface area contributed by atoms with Gasteiger partial charge in [-0.25, -0.2) is 4.98 Å². The zero-order valence-electron chi connectivity index (χ0n) is 14.2. The summed E-state index contributed by atoms with van der Waals surface area (Å²) in [7, 11) is 0. The summed E-state index contributed by atoms with van der Waals surface area (Å²) >= 11 is 0. The molecule has 0 atom stereocenters. The highest BCUT2D eigenvalue weighted by Gasteiger charge is 2.14. The molecule has 0 spiro atoms. The van der Waals surface area contributed by atoms with Crippen LogP contribution in [-0.2, 0) is 0 Å². The van der Waals surface area contributed by atoms with Crippen molar-refractivity contribution in [2.24, 2.45) is 0 Å². The lowest BCUT2D eigenvalue weighted by molar-refractivity contribution is 0.616. The van der Waals surface area contributed by atoms with Gasteiger partial charge in [0.2, 0.25) is 0 Å². The Morgan fingerprint density at radius 3 is 2.60 bits per heavy atom. The number of benzene rings is 3. The zero-order valence-corrected chi connectivity index (χ0v) is 14.2. The Balaban J connectivity index is 1.87. The van der Waals surface area contributed by atoms with E-state index in [1.807, 2.05) is 18.2 Å². The average Bonchev–Trinajstić information content (AvgIpc) is 3.11. The molecule has 0 saturated carbocycles. The topological polar surface area (TPSA) is 26.0 Å². The van der Waals surface area contributed by atoms with Crippen LogP contribution in [0.4, 0.5) is 0 Å². The predicted octanol–water partition coefficient (Wildman–Crippen LogP) is 6.42. The summed E-state index contributed by atoms with van der Waals surface area (Å²) < 4.78 is 5.82. The summed E-state index contributed by atoms with van der Waals surface area (Å²) in [5.74, 6) is 0. The Kier molecular flexibility index (Phi) is 2.95. The number of aryl methyl sites for hydroxylation is 2. The quantitative estimate of drug-likeness (QED) is 0.356. The van der Waals surface area contributed by atoms with Gasteiger partial charge < -0.3 is 4.42 Å². The number of rotatable bonds is 1. The first-order chi connectivity index (χ1) is 12.2. The van der Waals surface area contributed by atoms with Crippen LogP contribution in [0, 0.1) is 13.8 Å². The second-order valence-corrected chi connectivity index (χ2v) is 6.66. The van der Waals surface area contributed by atoms with Gasteiger partial charge in [0.1, 0.15) is 5.69 Å². The molecule has 5 rings (SSSR count). The SMILES string of the molecule is Cc1ccc2cc(-c3nc4ccccc4c4ccoc34)cc(C)c2c1. The molecule has 0 aliphatic heterocycles. The van der Waals surface area contributed by atoms with Crippen molar-refractivity contribution >= 4 is 32.6 Å². The van der Waals surface area contributed by atoms with Crippen molar-refractivity contribution < 1.29 is 4.42 Å². The maximum absolute atomic E-state index is 5.82. The first-order valence-electron chi connectivity index (χ1n) is 8.48. The lowest BCUT2D eigenvalue weighted by Gasteiger charge is -2.10. The summed E-state index contributed by atoms with van der Waals surface area (Å²) in [6.07, 6.45) is 1.75. The molecule has 0 radical (unpaired) electrons. The maximum Gasteiger partial charge on any atom is 0.160 e. The second kappa shape index (κ2) is 5.18. The normalized spacial score (nSPS) is 11.6. The van der Waals surface area contributed by atoms with Crippen LogP contribution in [-0.4, -0.2) is 4.98 Å². The summed E-state index contributed by atoms with van der Waals surface area (Å²) in [5, 5.41) is 4.76. The van der Waals surface area contributed by atoms with Crippen LogP contribution < -0.4 is 0 Å². The van der Waals surface area contributed by atoms with Crippen molar-refractivity contribution in [3.63, 3.8) is 0 Å². The van der Waals surface area contributed by atoms with Crippen molar-refractivity contribution in [1.82, 2.24) is 4.98 Å². The van der Waals surface area contributed by atoms with Crippen molar-refractivity contribution in [2.75, 3.05) is 0 Å². The molecule has 0 unspecified atom stereocenters. The number of pyridine rings is 1. The second-order valence-electron chi connectivity index (χ2n) is 6.66. The lowest BCUT2D eigenvalue weighted by Crippen LogP contribution is -1.90. The van der Waals surface area contributed by atoms with Gasteiger partial charge in [0.05, 0.1) is 11.8 Å². The standard InChI is InChI=1S/C23H17NO/c1-14-7-8-16-13-17(12-15(2)20(16)11-14)22-23-19(9-10-25-23)18-5-3-4-6-21(18)24-22/h3-13H,1-2H3. The third-order valence-corrected chi connectivity index (χ3v) is 4.90. The molecule has 0 amide bonds. The van der Waals surface area contributed by atoms with E-state index in [0.29, 0.717) is 0 Å². The summed E-state index contributed by atoms with van der Waals surface area (Å²) in [4.78, 5) is 4.92. The molecule has 2 aromatic heterocycles. The van der Waals surface area contributed by atoms with Gasteiger partial charge in [0.15, 0.2) is 5.58 Å². The van der Waals surface area contributed by atoms with E-state index in [4.69, 9.17) is 9.40 Å². The van der Waals surface area contributed by atoms with Crippen LogP contribution in [0.2, 0.25) is 0 Å². The largest absolute Gasteiger partial charge is 0.462 e. The van der Waals surface area contributed by atoms with E-state index < -0.39 is 0 Å². The Morgan fingerprint density at radius 2 is 1.68 bits per heavy atom. The monoisotopic (exact) mass is 323 g/mol. The lowest BCUT2D eigenvalue weighted by atomic mass is 9.97. The third-order valence-electron chi connectivity index (χ3n) is 4.90. The molecule has 2 heterocycles. The van der Waals surface area contributed by atoms with E-state index in [-0.39, 0.29) is 0 Å². The van der Waals surface area contributed by atoms with Gasteiger partial charge in [-0.1, -0.05) is 42.0 Å². The highest BCUT2D eigenvalue weighted by Crippen LogP contribution is 2.35. The van der Waals surface area contributed by atoms with Crippen LogP contribution >= 0.6 is 0 Å². The summed E-state index contributed by atoms with van der Waals surface area (Å²) in [5.41, 5.74) is 6.38. The predicted molar refractivity (Wildman–Crippen MR) is 104 cm³/mol. The van der Waals surface area contributed by atoms with Gasteiger partial charge in [-0.15, -0.1) is 0 Å². The van der Waals surface area contributed by atoms with Gasteiger partial charge in [-0.05, 0) is 54.4 Å². The molecular weight excluding hydrogens is 306 g/mol. The van der Waals surface area contributed by atoms with Crippen molar-refractivity contribution in [2.45, 2.75) is 13.8 Å². The molecule has 0 aliphatic rings. The minimum absolute atomic E-state index is 0.851. The van der Waals surface area contributed by atoms with Crippen LogP contribution in [0.5, 0.6) is 0 Å². The van der Waals surface area contributed by atoms with Crippen LogP contribution in [0.1, 0.15) is 11.1 Å². The van der Waals surface area contributed by atoms with Crippen LogP contribution in [0.25, 0.3) is 43.9 Å². The van der Waals surface area contributed by atoms with Crippen molar-refractivity contribution in [1.29, 1.82) is 0 Å². The number of hydrogen-bond donors (Lipinski definition) is 0. The molecule has 5 aromatic rings. The molecule has 2 nitrogen and oxygen atoms in total. The number of nitrogens with zero attached hydrogens (tertiary/aromatic N) is 1. The smallest absolute Gasteiger partial charge is 0.160 e. The van der Waals surface area contributed by atoms with E-state index in [0.717, 1.165) is 33.1 Å². The van der Waals surface area contributed by atoms with E-state index >= 15 is 0 Å². The van der Waals surface area contributed by atoms with E-state index in [1.54, 1.807) is 6.26 Å². The Morgan fingerprint density at radius 1 is 0.800 bits per heavy atom. The minimum Gasteiger partial charge on any atom is -0.462 e. The molecule has 0 saturated heterocycles. The van der Waals surface area contributed by atoms with Crippen LogP contribution in [0.3, 0.4) is 0 Å². The summed E-state index contributed by atoms with van der Waals surface area (Å²) in [6.45, 7) is 4.29. The number of aromatic nitrogens is 1. The molecular formula is C23H17NO. The summed E-state index contributed by atoms with van der Waals surface area (Å²) in [6, 6.07) is 21.2. The van der Waals surface area contributed by atoms with E-state index in [2.05, 4.69) is 56.3 Å². The highest BCUT2D eigenvalue weighted by atomic mass is 16.3. The number of hydrogen-bond acceptors (Lipinski definition) is 2. The maximum atomic E-state index is 5.82. The molecule has 0 bridgehead atoms. The molecule has 0 N–H and O–H groups in total. The van der Waals surface area contributed by atoms with E-state index in [9.17, 15) is 0 Å². The molecule has 120 valence electrons. The van der Waals surface area contributed by atoms with Crippen LogP contribution in [0.15, 0.2) is 71.3 Å². The molecule has 25 heavy (non-hydrogen) atoms. The molecule has 2 heteroatoms. The van der Waals surface area contributed by atoms with Gasteiger partial charge in [0.25, 0.3) is 0 Å². The number of para-hydroxylation sites is 1. The van der Waals surface area contributed by atoms with Crippen molar-refractivity contribution in [3.8, 4) is 11.3 Å². The number of fused-ring (bicyclic) bond motifs is 4. The molecule has 0 aliphatic carbocycles. The van der Waals surface area contributed by atoms with Gasteiger partial charge in [-0.3, -0.25) is 0 Å². The van der Waals surface area contributed by atoms with E-state index in [1.165, 1.54) is 21.9 Å². The first kappa shape index (κ1) is 14.2. The average molecular weight is 323 g/mol. The molecule has 0 fully saturated rings. The van der Waals surface area contributed by atoms with Gasteiger partial charge in [0, 0.05) is 16.3 Å².